The molecule has 0 spiro atoms. The lowest BCUT2D eigenvalue weighted by Gasteiger charge is -2.09. The lowest BCUT2D eigenvalue weighted by molar-refractivity contribution is 0.562. The van der Waals surface area contributed by atoms with Crippen molar-refractivity contribution >= 4 is 22.4 Å². The largest absolute Gasteiger partial charge is 0.329 e. The summed E-state index contributed by atoms with van der Waals surface area (Å²) in [6.07, 6.45) is 2.82. The van der Waals surface area contributed by atoms with Crippen LogP contribution in [0, 0.1) is 0 Å². The highest BCUT2D eigenvalue weighted by molar-refractivity contribution is 7.89. The normalized spacial score (nSPS) is 13.2. The Hall–Kier alpha value is -0.630. The van der Waals surface area contributed by atoms with Crippen molar-refractivity contribution in [3.05, 3.63) is 12.4 Å². The first-order valence-corrected chi connectivity index (χ1v) is 6.22. The second kappa shape index (κ2) is 6.19. The molecule has 0 radical (unpaired) electrons. The first-order chi connectivity index (χ1) is 6.99. The molecule has 94 valence electrons. The van der Waals surface area contributed by atoms with Gasteiger partial charge in [-0.25, -0.2) is 13.1 Å². The summed E-state index contributed by atoms with van der Waals surface area (Å²) >= 11 is 0. The molecule has 1 aromatic heterocycles. The molecule has 0 aliphatic rings. The third kappa shape index (κ3) is 3.75. The summed E-state index contributed by atoms with van der Waals surface area (Å²) in [6, 6.07) is -0.278. The number of nitrogens with one attached hydrogen (secondary N) is 1. The van der Waals surface area contributed by atoms with Crippen molar-refractivity contribution in [2.75, 3.05) is 6.54 Å². The van der Waals surface area contributed by atoms with Crippen LogP contribution in [-0.4, -0.2) is 30.8 Å². The van der Waals surface area contributed by atoms with Gasteiger partial charge in [-0.05, 0) is 13.8 Å². The molecule has 0 saturated heterocycles. The Labute approximate surface area is 102 Å². The monoisotopic (exact) mass is 268 g/mol. The Bertz CT molecular complexity index is 417. The molecule has 0 unspecified atom stereocenters. The van der Waals surface area contributed by atoms with E-state index in [0.29, 0.717) is 6.54 Å². The molecular weight excluding hydrogens is 252 g/mol. The lowest BCUT2D eigenvalue weighted by Crippen LogP contribution is -2.37. The van der Waals surface area contributed by atoms with Gasteiger partial charge in [0.25, 0.3) is 0 Å². The van der Waals surface area contributed by atoms with Gasteiger partial charge in [0, 0.05) is 25.3 Å². The number of aryl methyl sites for hydroxylation is 1. The summed E-state index contributed by atoms with van der Waals surface area (Å²) in [5, 5.41) is 3.90. The predicted molar refractivity (Wildman–Crippen MR) is 64.0 cm³/mol. The molecule has 1 aromatic rings. The molecule has 16 heavy (non-hydrogen) atoms. The van der Waals surface area contributed by atoms with Gasteiger partial charge < -0.3 is 5.73 Å². The summed E-state index contributed by atoms with van der Waals surface area (Å²) in [6.45, 7) is 4.50. The van der Waals surface area contributed by atoms with Gasteiger partial charge in [-0.3, -0.25) is 4.68 Å². The minimum atomic E-state index is -3.47. The SMILES string of the molecule is CCn1cc(S(=O)(=O)N[C@H](C)CN)cn1.Cl. The van der Waals surface area contributed by atoms with E-state index in [4.69, 9.17) is 5.73 Å². The number of nitrogens with zero attached hydrogens (tertiary/aromatic N) is 2. The van der Waals surface area contributed by atoms with Crippen LogP contribution in [0.15, 0.2) is 17.3 Å². The molecule has 0 aliphatic carbocycles. The molecule has 6 nitrogen and oxygen atoms in total. The van der Waals surface area contributed by atoms with Gasteiger partial charge in [0.15, 0.2) is 0 Å². The summed E-state index contributed by atoms with van der Waals surface area (Å²) < 4.78 is 27.4. The maximum Gasteiger partial charge on any atom is 0.243 e. The van der Waals surface area contributed by atoms with Crippen LogP contribution in [0.3, 0.4) is 0 Å². The minimum absolute atomic E-state index is 0. The maximum absolute atomic E-state index is 11.7. The Balaban J connectivity index is 0.00000225. The van der Waals surface area contributed by atoms with E-state index in [-0.39, 0.29) is 29.9 Å². The summed E-state index contributed by atoms with van der Waals surface area (Å²) in [5.41, 5.74) is 5.34. The van der Waals surface area contributed by atoms with Gasteiger partial charge in [0.1, 0.15) is 4.90 Å². The van der Waals surface area contributed by atoms with Crippen LogP contribution in [0.25, 0.3) is 0 Å². The van der Waals surface area contributed by atoms with Crippen LogP contribution in [0.2, 0.25) is 0 Å². The smallest absolute Gasteiger partial charge is 0.243 e. The Morgan fingerprint density at radius 1 is 1.62 bits per heavy atom. The Kier molecular flexibility index (Phi) is 5.95. The minimum Gasteiger partial charge on any atom is -0.329 e. The number of halogens is 1. The van der Waals surface area contributed by atoms with E-state index in [1.54, 1.807) is 11.6 Å². The molecule has 3 N–H and O–H groups in total. The zero-order valence-corrected chi connectivity index (χ0v) is 10.9. The van der Waals surface area contributed by atoms with E-state index >= 15 is 0 Å². The van der Waals surface area contributed by atoms with Crippen molar-refractivity contribution in [2.45, 2.75) is 31.3 Å². The highest BCUT2D eigenvalue weighted by Crippen LogP contribution is 2.07. The fourth-order valence-corrected chi connectivity index (χ4v) is 2.25. The van der Waals surface area contributed by atoms with Crippen molar-refractivity contribution in [1.29, 1.82) is 0 Å². The van der Waals surface area contributed by atoms with Crippen LogP contribution >= 0.6 is 12.4 Å². The second-order valence-corrected chi connectivity index (χ2v) is 5.00. The number of hydrogen-bond donors (Lipinski definition) is 2. The highest BCUT2D eigenvalue weighted by Gasteiger charge is 2.18. The Morgan fingerprint density at radius 2 is 2.25 bits per heavy atom. The standard InChI is InChI=1S/C8H16N4O2S.ClH/c1-3-12-6-8(5-10-12)15(13,14)11-7(2)4-9;/h5-7,11H,3-4,9H2,1-2H3;1H/t7-;/m1./s1. The van der Waals surface area contributed by atoms with Gasteiger partial charge in [0.2, 0.25) is 10.0 Å². The molecule has 0 bridgehead atoms. The lowest BCUT2D eigenvalue weighted by atomic mass is 10.4. The van der Waals surface area contributed by atoms with E-state index in [0.717, 1.165) is 0 Å². The predicted octanol–water partition coefficient (Wildman–Crippen LogP) is -0.0497. The summed E-state index contributed by atoms with van der Waals surface area (Å²) in [5.74, 6) is 0. The zero-order chi connectivity index (χ0) is 11.5. The first kappa shape index (κ1) is 15.4. The van der Waals surface area contributed by atoms with Gasteiger partial charge in [-0.15, -0.1) is 12.4 Å². The molecular formula is C8H17ClN4O2S. The van der Waals surface area contributed by atoms with Crippen LogP contribution in [-0.2, 0) is 16.6 Å². The van der Waals surface area contributed by atoms with Crippen LogP contribution in [0.1, 0.15) is 13.8 Å². The van der Waals surface area contributed by atoms with Crippen molar-refractivity contribution in [1.82, 2.24) is 14.5 Å². The molecule has 0 amide bonds. The molecule has 0 fully saturated rings. The zero-order valence-electron chi connectivity index (χ0n) is 9.25. The van der Waals surface area contributed by atoms with Crippen molar-refractivity contribution in [2.24, 2.45) is 5.73 Å². The van der Waals surface area contributed by atoms with Gasteiger partial charge in [-0.1, -0.05) is 0 Å². The molecule has 1 atom stereocenters. The third-order valence-corrected chi connectivity index (χ3v) is 3.50. The molecule has 0 aliphatic heterocycles. The summed E-state index contributed by atoms with van der Waals surface area (Å²) in [7, 11) is -3.47. The molecule has 0 aromatic carbocycles. The topological polar surface area (TPSA) is 90.0 Å². The number of rotatable bonds is 5. The van der Waals surface area contributed by atoms with Gasteiger partial charge in [0.05, 0.1) is 6.20 Å². The molecule has 1 heterocycles. The van der Waals surface area contributed by atoms with Crippen molar-refractivity contribution in [3.8, 4) is 0 Å². The van der Waals surface area contributed by atoms with Gasteiger partial charge in [-0.2, -0.15) is 5.10 Å². The third-order valence-electron chi connectivity index (χ3n) is 1.95. The van der Waals surface area contributed by atoms with Crippen LogP contribution in [0.5, 0.6) is 0 Å². The van der Waals surface area contributed by atoms with Crippen molar-refractivity contribution < 1.29 is 8.42 Å². The number of aromatic nitrogens is 2. The molecule has 1 rings (SSSR count). The van der Waals surface area contributed by atoms with Crippen molar-refractivity contribution in [3.63, 3.8) is 0 Å². The summed E-state index contributed by atoms with van der Waals surface area (Å²) in [4.78, 5) is 0.171. The maximum atomic E-state index is 11.7. The number of sulfonamides is 1. The fraction of sp³-hybridized carbons (Fsp3) is 0.625. The van der Waals surface area contributed by atoms with Crippen LogP contribution in [0.4, 0.5) is 0 Å². The number of nitrogens with two attached hydrogens (primary N) is 1. The van der Waals surface area contributed by atoms with Crippen LogP contribution < -0.4 is 10.5 Å². The average molecular weight is 269 g/mol. The molecule has 0 saturated carbocycles. The van der Waals surface area contributed by atoms with E-state index in [1.807, 2.05) is 6.92 Å². The van der Waals surface area contributed by atoms with E-state index in [2.05, 4.69) is 9.82 Å². The average Bonchev–Trinajstić information content (AvgIpc) is 2.65. The first-order valence-electron chi connectivity index (χ1n) is 4.74. The van der Waals surface area contributed by atoms with E-state index < -0.39 is 10.0 Å². The quantitative estimate of drug-likeness (QED) is 0.784. The van der Waals surface area contributed by atoms with E-state index in [9.17, 15) is 8.42 Å². The highest BCUT2D eigenvalue weighted by atomic mass is 35.5. The number of hydrogen-bond acceptors (Lipinski definition) is 4. The Morgan fingerprint density at radius 3 is 2.69 bits per heavy atom. The second-order valence-electron chi connectivity index (χ2n) is 3.29. The van der Waals surface area contributed by atoms with Gasteiger partial charge >= 0.3 is 0 Å². The van der Waals surface area contributed by atoms with E-state index in [1.165, 1.54) is 12.4 Å². The fourth-order valence-electron chi connectivity index (χ4n) is 1.04. The molecule has 8 heteroatoms.